The largest absolute Gasteiger partial charge is 0.348 e. The molecular weight excluding hydrogens is 304 g/mol. The molecule has 0 saturated carbocycles. The molecule has 21 heavy (non-hydrogen) atoms. The summed E-state index contributed by atoms with van der Waals surface area (Å²) in [6.07, 6.45) is 0. The third kappa shape index (κ3) is 2.74. The molecule has 4 nitrogen and oxygen atoms in total. The molecule has 0 saturated heterocycles. The van der Waals surface area contributed by atoms with E-state index in [1.165, 1.54) is 17.0 Å². The molecule has 0 fully saturated rings. The Balaban J connectivity index is 1.83. The third-order valence-electron chi connectivity index (χ3n) is 3.57. The Morgan fingerprint density at radius 1 is 1.24 bits per heavy atom. The molecule has 0 bridgehead atoms. The monoisotopic (exact) mass is 320 g/mol. The van der Waals surface area contributed by atoms with Gasteiger partial charge in [0.2, 0.25) is 10.0 Å². The summed E-state index contributed by atoms with van der Waals surface area (Å²) in [6.45, 7) is 2.35. The van der Waals surface area contributed by atoms with Gasteiger partial charge in [0.15, 0.2) is 0 Å². The van der Waals surface area contributed by atoms with Crippen molar-refractivity contribution in [1.29, 1.82) is 0 Å². The van der Waals surface area contributed by atoms with Gasteiger partial charge in [0.05, 0.1) is 0 Å². The van der Waals surface area contributed by atoms with E-state index < -0.39 is 10.0 Å². The van der Waals surface area contributed by atoms with Crippen molar-refractivity contribution < 1.29 is 8.42 Å². The van der Waals surface area contributed by atoms with Crippen LogP contribution in [0.3, 0.4) is 0 Å². The zero-order valence-corrected chi connectivity index (χ0v) is 13.5. The fraction of sp³-hybridized carbons (Fsp3) is 0.200. The van der Waals surface area contributed by atoms with Crippen LogP contribution in [0.2, 0.25) is 0 Å². The molecule has 0 radical (unpaired) electrons. The molecule has 2 heterocycles. The van der Waals surface area contributed by atoms with Crippen molar-refractivity contribution in [2.24, 2.45) is 7.05 Å². The van der Waals surface area contributed by atoms with Crippen molar-refractivity contribution in [3.8, 4) is 0 Å². The first-order valence-corrected chi connectivity index (χ1v) is 8.92. The smallest absolute Gasteiger partial charge is 0.250 e. The van der Waals surface area contributed by atoms with Crippen LogP contribution < -0.4 is 4.72 Å². The van der Waals surface area contributed by atoms with Crippen molar-refractivity contribution in [2.75, 3.05) is 0 Å². The van der Waals surface area contributed by atoms with Crippen LogP contribution in [0.15, 0.2) is 46.0 Å². The lowest BCUT2D eigenvalue weighted by atomic mass is 10.1. The van der Waals surface area contributed by atoms with Gasteiger partial charge in [0, 0.05) is 30.2 Å². The first kappa shape index (κ1) is 14.3. The summed E-state index contributed by atoms with van der Waals surface area (Å²) in [7, 11) is -1.38. The van der Waals surface area contributed by atoms with Crippen LogP contribution in [-0.2, 0) is 23.6 Å². The second-order valence-electron chi connectivity index (χ2n) is 4.99. The number of sulfonamides is 1. The highest BCUT2D eigenvalue weighted by Gasteiger charge is 2.14. The molecule has 0 atom stereocenters. The molecule has 6 heteroatoms. The molecule has 0 unspecified atom stereocenters. The highest BCUT2D eigenvalue weighted by molar-refractivity contribution is 7.91. The summed E-state index contributed by atoms with van der Waals surface area (Å²) in [5, 5.41) is 2.88. The van der Waals surface area contributed by atoms with Gasteiger partial charge >= 0.3 is 0 Å². The SMILES string of the molecule is Cc1cc2cc(CNS(=O)(=O)c3cccs3)ccc2n1C. The number of thiophene rings is 1. The van der Waals surface area contributed by atoms with E-state index >= 15 is 0 Å². The summed E-state index contributed by atoms with van der Waals surface area (Å²) in [4.78, 5) is 0. The molecule has 0 aliphatic heterocycles. The van der Waals surface area contributed by atoms with Crippen molar-refractivity contribution in [1.82, 2.24) is 9.29 Å². The van der Waals surface area contributed by atoms with E-state index in [0.717, 1.165) is 16.5 Å². The van der Waals surface area contributed by atoms with Crippen LogP contribution in [0.25, 0.3) is 10.9 Å². The molecule has 1 aromatic carbocycles. The van der Waals surface area contributed by atoms with Crippen LogP contribution in [-0.4, -0.2) is 13.0 Å². The minimum Gasteiger partial charge on any atom is -0.348 e. The van der Waals surface area contributed by atoms with Crippen molar-refractivity contribution >= 4 is 32.3 Å². The number of aromatic nitrogens is 1. The topological polar surface area (TPSA) is 51.1 Å². The average Bonchev–Trinajstić information content (AvgIpc) is 3.07. The van der Waals surface area contributed by atoms with E-state index in [9.17, 15) is 8.42 Å². The van der Waals surface area contributed by atoms with Crippen LogP contribution in [0, 0.1) is 6.92 Å². The molecule has 0 spiro atoms. The Bertz CT molecular complexity index is 878. The van der Waals surface area contributed by atoms with Gasteiger partial charge < -0.3 is 4.57 Å². The molecule has 3 rings (SSSR count). The van der Waals surface area contributed by atoms with E-state index in [2.05, 4.69) is 22.3 Å². The maximum atomic E-state index is 12.1. The first-order valence-electron chi connectivity index (χ1n) is 6.55. The lowest BCUT2D eigenvalue weighted by Crippen LogP contribution is -2.22. The minimum absolute atomic E-state index is 0.296. The van der Waals surface area contributed by atoms with Crippen LogP contribution in [0.1, 0.15) is 11.3 Å². The molecule has 3 aromatic rings. The third-order valence-corrected chi connectivity index (χ3v) is 6.37. The normalized spacial score (nSPS) is 12.1. The summed E-state index contributed by atoms with van der Waals surface area (Å²) in [5.74, 6) is 0. The Hall–Kier alpha value is -1.63. The molecule has 0 amide bonds. The second-order valence-corrected chi connectivity index (χ2v) is 7.94. The summed E-state index contributed by atoms with van der Waals surface area (Å²) in [5.41, 5.74) is 3.28. The predicted molar refractivity (Wildman–Crippen MR) is 86.0 cm³/mol. The van der Waals surface area contributed by atoms with Gasteiger partial charge in [-0.15, -0.1) is 11.3 Å². The predicted octanol–water partition coefficient (Wildman–Crippen LogP) is 3.03. The lowest BCUT2D eigenvalue weighted by molar-refractivity contribution is 0.583. The number of nitrogens with one attached hydrogen (secondary N) is 1. The van der Waals surface area contributed by atoms with Crippen LogP contribution in [0.5, 0.6) is 0 Å². The van der Waals surface area contributed by atoms with E-state index in [1.54, 1.807) is 17.5 Å². The van der Waals surface area contributed by atoms with Crippen molar-refractivity contribution in [3.63, 3.8) is 0 Å². The highest BCUT2D eigenvalue weighted by atomic mass is 32.2. The van der Waals surface area contributed by atoms with Crippen LogP contribution >= 0.6 is 11.3 Å². The number of rotatable bonds is 4. The summed E-state index contributed by atoms with van der Waals surface area (Å²) < 4.78 is 29.3. The minimum atomic E-state index is -3.41. The maximum Gasteiger partial charge on any atom is 0.250 e. The maximum absolute atomic E-state index is 12.1. The van der Waals surface area contributed by atoms with E-state index in [4.69, 9.17) is 0 Å². The van der Waals surface area contributed by atoms with E-state index in [-0.39, 0.29) is 0 Å². The Morgan fingerprint density at radius 2 is 2.05 bits per heavy atom. The Morgan fingerprint density at radius 3 is 2.76 bits per heavy atom. The van der Waals surface area contributed by atoms with Gasteiger partial charge in [0.1, 0.15) is 4.21 Å². The van der Waals surface area contributed by atoms with Crippen molar-refractivity contribution in [2.45, 2.75) is 17.7 Å². The average molecular weight is 320 g/mol. The first-order chi connectivity index (χ1) is 9.97. The number of hydrogen-bond acceptors (Lipinski definition) is 3. The van der Waals surface area contributed by atoms with Gasteiger partial charge in [-0.2, -0.15) is 0 Å². The molecule has 0 aliphatic carbocycles. The Labute approximate surface area is 128 Å². The quantitative estimate of drug-likeness (QED) is 0.803. The number of nitrogens with zero attached hydrogens (tertiary/aromatic N) is 1. The van der Waals surface area contributed by atoms with Crippen LogP contribution in [0.4, 0.5) is 0 Å². The molecule has 0 aliphatic rings. The molecule has 1 N–H and O–H groups in total. The Kier molecular flexibility index (Phi) is 3.61. The number of fused-ring (bicyclic) bond motifs is 1. The van der Waals surface area contributed by atoms with Crippen molar-refractivity contribution in [3.05, 3.63) is 53.0 Å². The highest BCUT2D eigenvalue weighted by Crippen LogP contribution is 2.20. The molecular formula is C15H16N2O2S2. The van der Waals surface area contributed by atoms with Gasteiger partial charge in [0.25, 0.3) is 0 Å². The fourth-order valence-electron chi connectivity index (χ4n) is 2.31. The number of benzene rings is 1. The summed E-state index contributed by atoms with van der Waals surface area (Å²) >= 11 is 1.22. The van der Waals surface area contributed by atoms with E-state index in [0.29, 0.717) is 10.8 Å². The lowest BCUT2D eigenvalue weighted by Gasteiger charge is -2.06. The van der Waals surface area contributed by atoms with Gasteiger partial charge in [-0.05, 0) is 42.1 Å². The standard InChI is InChI=1S/C15H16N2O2S2/c1-11-8-13-9-12(5-6-14(13)17(11)2)10-16-21(18,19)15-4-3-7-20-15/h3-9,16H,10H2,1-2H3. The number of aryl methyl sites for hydroxylation is 2. The van der Waals surface area contributed by atoms with Gasteiger partial charge in [-0.1, -0.05) is 12.1 Å². The zero-order valence-electron chi connectivity index (χ0n) is 11.8. The second kappa shape index (κ2) is 5.29. The fourth-order valence-corrected chi connectivity index (χ4v) is 4.37. The molecule has 2 aromatic heterocycles. The summed E-state index contributed by atoms with van der Waals surface area (Å²) in [6, 6.07) is 11.5. The number of hydrogen-bond donors (Lipinski definition) is 1. The van der Waals surface area contributed by atoms with Gasteiger partial charge in [-0.3, -0.25) is 0 Å². The van der Waals surface area contributed by atoms with Gasteiger partial charge in [-0.25, -0.2) is 13.1 Å². The van der Waals surface area contributed by atoms with E-state index in [1.807, 2.05) is 25.2 Å². The molecule has 110 valence electrons. The zero-order chi connectivity index (χ0) is 15.0.